The van der Waals surface area contributed by atoms with Crippen LogP contribution in [0.3, 0.4) is 0 Å². The molecule has 0 radical (unpaired) electrons. The van der Waals surface area contributed by atoms with Crippen molar-refractivity contribution in [2.75, 3.05) is 5.32 Å². The van der Waals surface area contributed by atoms with Crippen molar-refractivity contribution in [3.63, 3.8) is 0 Å². The quantitative estimate of drug-likeness (QED) is 0.799. The zero-order valence-electron chi connectivity index (χ0n) is 12.0. The van der Waals surface area contributed by atoms with Gasteiger partial charge in [-0.25, -0.2) is 4.98 Å². The minimum Gasteiger partial charge on any atom is -0.364 e. The third-order valence-corrected chi connectivity index (χ3v) is 3.39. The lowest BCUT2D eigenvalue weighted by atomic mass is 10.2. The summed E-state index contributed by atoms with van der Waals surface area (Å²) in [7, 11) is 0. The summed E-state index contributed by atoms with van der Waals surface area (Å²) in [6.45, 7) is 2.50. The fourth-order valence-electron chi connectivity index (χ4n) is 1.96. The Morgan fingerprint density at radius 2 is 1.91 bits per heavy atom. The third-order valence-electron chi connectivity index (χ3n) is 3.14. The van der Waals surface area contributed by atoms with Crippen molar-refractivity contribution >= 4 is 17.4 Å². The highest BCUT2D eigenvalue weighted by atomic mass is 35.5. The maximum Gasteiger partial charge on any atom is 0.183 e. The molecule has 3 aromatic rings. The highest BCUT2D eigenvalue weighted by Crippen LogP contribution is 2.20. The fourth-order valence-corrected chi connectivity index (χ4v) is 2.08. The van der Waals surface area contributed by atoms with Gasteiger partial charge < -0.3 is 5.32 Å². The molecule has 3 rings (SSSR count). The maximum absolute atomic E-state index is 5.90. The molecule has 5 nitrogen and oxygen atoms in total. The summed E-state index contributed by atoms with van der Waals surface area (Å²) < 4.78 is 0. The standard InChI is InChI=1S/C16H14ClN5/c1-11-15(19-10-12-3-2-8-18-9-12)20-16(22-21-11)13-4-6-14(17)7-5-13/h2-9H,10H2,1H3,(H,19,20,22). The number of aryl methyl sites for hydroxylation is 1. The van der Waals surface area contributed by atoms with Crippen LogP contribution in [0, 0.1) is 6.92 Å². The molecule has 0 amide bonds. The minimum atomic E-state index is 0.566. The first-order valence-corrected chi connectivity index (χ1v) is 7.20. The third kappa shape index (κ3) is 3.38. The van der Waals surface area contributed by atoms with E-state index in [0.29, 0.717) is 23.2 Å². The smallest absolute Gasteiger partial charge is 0.183 e. The van der Waals surface area contributed by atoms with E-state index in [-0.39, 0.29) is 0 Å². The lowest BCUT2D eigenvalue weighted by Gasteiger charge is -2.09. The van der Waals surface area contributed by atoms with Crippen LogP contribution in [0.2, 0.25) is 5.02 Å². The van der Waals surface area contributed by atoms with Gasteiger partial charge in [-0.05, 0) is 42.8 Å². The van der Waals surface area contributed by atoms with Crippen molar-refractivity contribution in [1.29, 1.82) is 0 Å². The summed E-state index contributed by atoms with van der Waals surface area (Å²) in [5.74, 6) is 1.28. The number of nitrogens with one attached hydrogen (secondary N) is 1. The van der Waals surface area contributed by atoms with Crippen LogP contribution in [-0.2, 0) is 6.54 Å². The monoisotopic (exact) mass is 311 g/mol. The van der Waals surface area contributed by atoms with E-state index in [1.807, 2.05) is 49.5 Å². The van der Waals surface area contributed by atoms with Gasteiger partial charge in [0.25, 0.3) is 0 Å². The first kappa shape index (κ1) is 14.4. The van der Waals surface area contributed by atoms with E-state index in [0.717, 1.165) is 16.8 Å². The Labute approximate surface area is 133 Å². The summed E-state index contributed by atoms with van der Waals surface area (Å²) in [6.07, 6.45) is 3.57. The molecule has 0 unspecified atom stereocenters. The molecule has 0 aliphatic rings. The predicted octanol–water partition coefficient (Wildman–Crippen LogP) is 3.51. The molecule has 2 heterocycles. The summed E-state index contributed by atoms with van der Waals surface area (Å²) in [5.41, 5.74) is 2.71. The SMILES string of the molecule is Cc1nnc(-c2ccc(Cl)cc2)nc1NCc1cccnc1. The Hall–Kier alpha value is -2.53. The molecule has 22 heavy (non-hydrogen) atoms. The molecule has 0 aliphatic heterocycles. The van der Waals surface area contributed by atoms with Crippen LogP contribution >= 0.6 is 11.6 Å². The maximum atomic E-state index is 5.90. The van der Waals surface area contributed by atoms with Crippen molar-refractivity contribution < 1.29 is 0 Å². The molecule has 0 fully saturated rings. The molecule has 1 aromatic carbocycles. The van der Waals surface area contributed by atoms with E-state index < -0.39 is 0 Å². The first-order valence-electron chi connectivity index (χ1n) is 6.82. The number of pyridine rings is 1. The Bertz CT molecular complexity index is 759. The summed E-state index contributed by atoms with van der Waals surface area (Å²) in [5, 5.41) is 12.3. The second-order valence-electron chi connectivity index (χ2n) is 4.79. The molecule has 0 saturated carbocycles. The van der Waals surface area contributed by atoms with Crippen LogP contribution in [-0.4, -0.2) is 20.2 Å². The van der Waals surface area contributed by atoms with Crippen LogP contribution in [0.25, 0.3) is 11.4 Å². The number of halogens is 1. The number of nitrogens with zero attached hydrogens (tertiary/aromatic N) is 4. The second kappa shape index (κ2) is 6.49. The van der Waals surface area contributed by atoms with Crippen LogP contribution in [0.5, 0.6) is 0 Å². The van der Waals surface area contributed by atoms with E-state index in [2.05, 4.69) is 25.5 Å². The van der Waals surface area contributed by atoms with Gasteiger partial charge in [-0.3, -0.25) is 4.98 Å². The number of benzene rings is 1. The van der Waals surface area contributed by atoms with E-state index in [1.54, 1.807) is 6.20 Å². The molecule has 110 valence electrons. The highest BCUT2D eigenvalue weighted by Gasteiger charge is 2.07. The van der Waals surface area contributed by atoms with Gasteiger partial charge in [0.05, 0.1) is 0 Å². The van der Waals surface area contributed by atoms with Gasteiger partial charge in [0.15, 0.2) is 11.6 Å². The Balaban J connectivity index is 1.82. The Morgan fingerprint density at radius 1 is 1.09 bits per heavy atom. The molecule has 0 spiro atoms. The molecule has 0 aliphatic carbocycles. The number of hydrogen-bond donors (Lipinski definition) is 1. The zero-order chi connectivity index (χ0) is 15.4. The van der Waals surface area contributed by atoms with Crippen molar-refractivity contribution in [3.05, 3.63) is 65.1 Å². The van der Waals surface area contributed by atoms with Gasteiger partial charge >= 0.3 is 0 Å². The van der Waals surface area contributed by atoms with Crippen LogP contribution in [0.4, 0.5) is 5.82 Å². The Morgan fingerprint density at radius 3 is 2.64 bits per heavy atom. The van der Waals surface area contributed by atoms with E-state index in [1.165, 1.54) is 0 Å². The van der Waals surface area contributed by atoms with E-state index >= 15 is 0 Å². The van der Waals surface area contributed by atoms with E-state index in [4.69, 9.17) is 11.6 Å². The predicted molar refractivity (Wildman–Crippen MR) is 86.6 cm³/mol. The molecule has 2 aromatic heterocycles. The normalized spacial score (nSPS) is 10.5. The lowest BCUT2D eigenvalue weighted by molar-refractivity contribution is 0.925. The van der Waals surface area contributed by atoms with Crippen LogP contribution in [0.15, 0.2) is 48.8 Å². The van der Waals surface area contributed by atoms with Crippen LogP contribution < -0.4 is 5.32 Å². The lowest BCUT2D eigenvalue weighted by Crippen LogP contribution is -2.07. The highest BCUT2D eigenvalue weighted by molar-refractivity contribution is 6.30. The van der Waals surface area contributed by atoms with Crippen molar-refractivity contribution in [2.24, 2.45) is 0 Å². The zero-order valence-corrected chi connectivity index (χ0v) is 12.7. The number of aromatic nitrogens is 4. The molecule has 6 heteroatoms. The van der Waals surface area contributed by atoms with Crippen molar-refractivity contribution in [2.45, 2.75) is 13.5 Å². The summed E-state index contributed by atoms with van der Waals surface area (Å²) in [6, 6.07) is 11.3. The molecular formula is C16H14ClN5. The average Bonchev–Trinajstić information content (AvgIpc) is 2.56. The Kier molecular flexibility index (Phi) is 4.25. The molecule has 0 saturated heterocycles. The first-order chi connectivity index (χ1) is 10.7. The second-order valence-corrected chi connectivity index (χ2v) is 5.23. The number of rotatable bonds is 4. The number of anilines is 1. The van der Waals surface area contributed by atoms with Gasteiger partial charge in [0.1, 0.15) is 5.69 Å². The molecular weight excluding hydrogens is 298 g/mol. The molecule has 1 N–H and O–H groups in total. The topological polar surface area (TPSA) is 63.6 Å². The van der Waals surface area contributed by atoms with Gasteiger partial charge in [-0.2, -0.15) is 0 Å². The average molecular weight is 312 g/mol. The fraction of sp³-hybridized carbons (Fsp3) is 0.125. The van der Waals surface area contributed by atoms with Gasteiger partial charge in [0, 0.05) is 29.5 Å². The number of hydrogen-bond acceptors (Lipinski definition) is 5. The van der Waals surface area contributed by atoms with Gasteiger partial charge in [-0.15, -0.1) is 10.2 Å². The summed E-state index contributed by atoms with van der Waals surface area (Å²) in [4.78, 5) is 8.63. The molecule has 0 atom stereocenters. The summed E-state index contributed by atoms with van der Waals surface area (Å²) >= 11 is 5.90. The van der Waals surface area contributed by atoms with E-state index in [9.17, 15) is 0 Å². The minimum absolute atomic E-state index is 0.566. The van der Waals surface area contributed by atoms with Crippen LogP contribution in [0.1, 0.15) is 11.3 Å². The van der Waals surface area contributed by atoms with Gasteiger partial charge in [-0.1, -0.05) is 17.7 Å². The largest absolute Gasteiger partial charge is 0.364 e. The molecule has 0 bridgehead atoms. The van der Waals surface area contributed by atoms with Crippen molar-refractivity contribution in [3.8, 4) is 11.4 Å². The van der Waals surface area contributed by atoms with Gasteiger partial charge in [0.2, 0.25) is 0 Å². The van der Waals surface area contributed by atoms with Crippen molar-refractivity contribution in [1.82, 2.24) is 20.2 Å².